The Bertz CT molecular complexity index is 1080. The fraction of sp³-hybridized carbons (Fsp3) is 0.407. The fourth-order valence-corrected chi connectivity index (χ4v) is 3.84. The molecule has 0 aliphatic carbocycles. The van der Waals surface area contributed by atoms with Gasteiger partial charge in [0, 0.05) is 18.2 Å². The number of carbonyl (C=O) groups is 4. The van der Waals surface area contributed by atoms with Gasteiger partial charge >= 0.3 is 12.1 Å². The molecule has 3 atom stereocenters. The molecule has 37 heavy (non-hydrogen) atoms. The van der Waals surface area contributed by atoms with E-state index in [1.807, 2.05) is 61.5 Å². The van der Waals surface area contributed by atoms with Crippen LogP contribution in [0.25, 0.3) is 0 Å². The van der Waals surface area contributed by atoms with E-state index in [0.717, 1.165) is 16.8 Å². The van der Waals surface area contributed by atoms with Crippen molar-refractivity contribution in [2.24, 2.45) is 5.73 Å². The molecule has 0 aromatic heterocycles. The van der Waals surface area contributed by atoms with Crippen LogP contribution in [0.3, 0.4) is 0 Å². The Hall–Kier alpha value is -4.08. The lowest BCUT2D eigenvalue weighted by atomic mass is 9.85. The third-order valence-corrected chi connectivity index (χ3v) is 5.39. The van der Waals surface area contributed by atoms with Gasteiger partial charge in [0.05, 0.1) is 6.42 Å². The van der Waals surface area contributed by atoms with Gasteiger partial charge in [0.25, 0.3) is 0 Å². The molecule has 6 N–H and O–H groups in total. The van der Waals surface area contributed by atoms with Crippen molar-refractivity contribution in [2.45, 2.75) is 64.1 Å². The van der Waals surface area contributed by atoms with E-state index in [-0.39, 0.29) is 0 Å². The van der Waals surface area contributed by atoms with Gasteiger partial charge in [-0.25, -0.2) is 4.79 Å². The summed E-state index contributed by atoms with van der Waals surface area (Å²) in [6, 6.07) is 14.2. The summed E-state index contributed by atoms with van der Waals surface area (Å²) < 4.78 is 5.16. The maximum atomic E-state index is 13.2. The highest BCUT2D eigenvalue weighted by molar-refractivity contribution is 5.93. The molecule has 0 saturated heterocycles. The molecule has 1 unspecified atom stereocenters. The number of carboxylic acid groups (broad SMARTS) is 1. The van der Waals surface area contributed by atoms with E-state index in [1.54, 1.807) is 20.8 Å². The van der Waals surface area contributed by atoms with Gasteiger partial charge in [-0.3, -0.25) is 14.4 Å². The number of aliphatic carboxylic acids is 1. The molecular formula is C27H36N4O6. The van der Waals surface area contributed by atoms with Gasteiger partial charge in [0.2, 0.25) is 11.8 Å². The highest BCUT2D eigenvalue weighted by atomic mass is 16.6. The first-order valence-electron chi connectivity index (χ1n) is 12.1. The van der Waals surface area contributed by atoms with Crippen LogP contribution in [0.1, 0.15) is 51.2 Å². The van der Waals surface area contributed by atoms with Gasteiger partial charge in [-0.15, -0.1) is 0 Å². The first-order chi connectivity index (χ1) is 17.4. The highest BCUT2D eigenvalue weighted by Gasteiger charge is 2.34. The molecule has 0 fully saturated rings. The van der Waals surface area contributed by atoms with Crippen molar-refractivity contribution >= 4 is 29.6 Å². The van der Waals surface area contributed by atoms with Crippen LogP contribution in [0.5, 0.6) is 0 Å². The Labute approximate surface area is 217 Å². The molecule has 3 amide bonds. The van der Waals surface area contributed by atoms with Crippen LogP contribution in [0.4, 0.5) is 10.5 Å². The molecule has 0 spiro atoms. The Morgan fingerprint density at radius 2 is 1.68 bits per heavy atom. The Morgan fingerprint density at radius 1 is 1.00 bits per heavy atom. The predicted molar refractivity (Wildman–Crippen MR) is 140 cm³/mol. The van der Waals surface area contributed by atoms with Crippen molar-refractivity contribution in [3.63, 3.8) is 0 Å². The molecule has 0 heterocycles. The summed E-state index contributed by atoms with van der Waals surface area (Å²) in [6.07, 6.45) is -1.30. The molecule has 200 valence electrons. The summed E-state index contributed by atoms with van der Waals surface area (Å²) in [5, 5.41) is 17.4. The molecule has 2 rings (SSSR count). The summed E-state index contributed by atoms with van der Waals surface area (Å²) in [4.78, 5) is 49.5. The summed E-state index contributed by atoms with van der Waals surface area (Å²) in [5.74, 6) is -3.55. The van der Waals surface area contributed by atoms with Gasteiger partial charge in [0.1, 0.15) is 17.7 Å². The average Bonchev–Trinajstić information content (AvgIpc) is 2.80. The van der Waals surface area contributed by atoms with Crippen molar-refractivity contribution in [2.75, 3.05) is 11.9 Å². The standard InChI is InChI=1S/C27H36N4O6/c1-5-29-19-13-9-12-18(15-19)20(14-17-10-7-6-8-11-17)23(24(28)34)31-25(35)21(16-22(32)33)30-26(36)37-27(2,3)4/h6-13,15,20-21,23,29H,5,14,16H2,1-4H3,(H2,28,34)(H,30,36)(H,31,35)(H,32,33)/t20?,21-,23-/m0/s1. The summed E-state index contributed by atoms with van der Waals surface area (Å²) in [6.45, 7) is 7.56. The molecule has 0 saturated carbocycles. The number of nitrogens with two attached hydrogens (primary N) is 1. The third kappa shape index (κ3) is 9.83. The van der Waals surface area contributed by atoms with Crippen LogP contribution in [-0.4, -0.2) is 53.2 Å². The van der Waals surface area contributed by atoms with E-state index in [0.29, 0.717) is 13.0 Å². The number of rotatable bonds is 12. The van der Waals surface area contributed by atoms with Crippen molar-refractivity contribution in [1.82, 2.24) is 10.6 Å². The van der Waals surface area contributed by atoms with Crippen molar-refractivity contribution in [3.05, 3.63) is 65.7 Å². The predicted octanol–water partition coefficient (Wildman–Crippen LogP) is 2.78. The number of alkyl carbamates (subject to hydrolysis) is 1. The second-order valence-corrected chi connectivity index (χ2v) is 9.64. The van der Waals surface area contributed by atoms with Crippen LogP contribution in [0, 0.1) is 0 Å². The second-order valence-electron chi connectivity index (χ2n) is 9.64. The summed E-state index contributed by atoms with van der Waals surface area (Å²) in [5.41, 5.74) is 7.40. The van der Waals surface area contributed by atoms with Gasteiger partial charge in [0.15, 0.2) is 0 Å². The zero-order valence-electron chi connectivity index (χ0n) is 21.6. The number of amides is 3. The number of ether oxygens (including phenoxy) is 1. The van der Waals surface area contributed by atoms with E-state index in [9.17, 15) is 24.3 Å². The topological polar surface area (TPSA) is 160 Å². The maximum Gasteiger partial charge on any atom is 0.408 e. The number of hydrogen-bond acceptors (Lipinski definition) is 6. The molecule has 0 bridgehead atoms. The summed E-state index contributed by atoms with van der Waals surface area (Å²) >= 11 is 0. The normalized spacial score (nSPS) is 13.5. The third-order valence-electron chi connectivity index (χ3n) is 5.39. The van der Waals surface area contributed by atoms with Gasteiger partial charge < -0.3 is 31.5 Å². The van der Waals surface area contributed by atoms with Gasteiger partial charge in [-0.1, -0.05) is 42.5 Å². The van der Waals surface area contributed by atoms with E-state index < -0.39 is 53.9 Å². The minimum atomic E-state index is -1.49. The largest absolute Gasteiger partial charge is 0.481 e. The number of carbonyl (C=O) groups excluding carboxylic acids is 3. The van der Waals surface area contributed by atoms with Crippen LogP contribution in [-0.2, 0) is 25.5 Å². The van der Waals surface area contributed by atoms with Gasteiger partial charge in [-0.05, 0) is 57.4 Å². The zero-order valence-corrected chi connectivity index (χ0v) is 21.6. The number of carboxylic acids is 1. The lowest BCUT2D eigenvalue weighted by Crippen LogP contribution is -2.56. The number of primary amides is 1. The SMILES string of the molecule is CCNc1cccc(C(Cc2ccccc2)[C@H](NC(=O)[C@H](CC(=O)O)NC(=O)OC(C)(C)C)C(N)=O)c1. The van der Waals surface area contributed by atoms with Crippen LogP contribution in [0.2, 0.25) is 0 Å². The number of hydrogen-bond donors (Lipinski definition) is 5. The van der Waals surface area contributed by atoms with Crippen molar-refractivity contribution in [3.8, 4) is 0 Å². The van der Waals surface area contributed by atoms with Crippen LogP contribution < -0.4 is 21.7 Å². The monoisotopic (exact) mass is 512 g/mol. The molecule has 0 aliphatic heterocycles. The Morgan fingerprint density at radius 3 is 2.24 bits per heavy atom. The lowest BCUT2D eigenvalue weighted by molar-refractivity contribution is -0.140. The Balaban J connectivity index is 2.39. The van der Waals surface area contributed by atoms with Crippen molar-refractivity contribution in [1.29, 1.82) is 0 Å². The molecule has 0 radical (unpaired) electrons. The molecule has 0 aliphatic rings. The maximum absolute atomic E-state index is 13.2. The molecule has 10 nitrogen and oxygen atoms in total. The van der Waals surface area contributed by atoms with Gasteiger partial charge in [-0.2, -0.15) is 0 Å². The first kappa shape index (κ1) is 29.2. The number of benzene rings is 2. The first-order valence-corrected chi connectivity index (χ1v) is 12.1. The lowest BCUT2D eigenvalue weighted by Gasteiger charge is -2.29. The summed E-state index contributed by atoms with van der Waals surface area (Å²) in [7, 11) is 0. The molecule has 10 heteroatoms. The fourth-order valence-electron chi connectivity index (χ4n) is 3.84. The van der Waals surface area contributed by atoms with E-state index in [2.05, 4.69) is 16.0 Å². The Kier molecular flexibility index (Phi) is 10.5. The number of nitrogens with one attached hydrogen (secondary N) is 3. The quantitative estimate of drug-likeness (QED) is 0.292. The highest BCUT2D eigenvalue weighted by Crippen LogP contribution is 2.27. The number of anilines is 1. The van der Waals surface area contributed by atoms with E-state index >= 15 is 0 Å². The van der Waals surface area contributed by atoms with Crippen molar-refractivity contribution < 1.29 is 29.0 Å². The average molecular weight is 513 g/mol. The zero-order chi connectivity index (χ0) is 27.6. The van der Waals surface area contributed by atoms with Crippen LogP contribution >= 0.6 is 0 Å². The molecule has 2 aromatic carbocycles. The minimum absolute atomic E-state index is 0.368. The van der Waals surface area contributed by atoms with Crippen LogP contribution in [0.15, 0.2) is 54.6 Å². The minimum Gasteiger partial charge on any atom is -0.481 e. The second kappa shape index (κ2) is 13.3. The van der Waals surface area contributed by atoms with E-state index in [1.165, 1.54) is 0 Å². The van der Waals surface area contributed by atoms with E-state index in [4.69, 9.17) is 10.5 Å². The smallest absolute Gasteiger partial charge is 0.408 e. The molecular weight excluding hydrogens is 476 g/mol. The molecule has 2 aromatic rings.